The number of rotatable bonds is 8. The largest absolute Gasteiger partial charge is 1.00 e. The van der Waals surface area contributed by atoms with Gasteiger partial charge in [-0.2, -0.15) is 0 Å². The first-order chi connectivity index (χ1) is 6.12. The van der Waals surface area contributed by atoms with Crippen molar-refractivity contribution in [2.75, 3.05) is 13.3 Å². The molecule has 0 saturated carbocycles. The van der Waals surface area contributed by atoms with E-state index in [1.54, 1.807) is 0 Å². The smallest absolute Gasteiger partial charge is 0.779 e. The fourth-order valence-corrected chi connectivity index (χ4v) is 1.97. The summed E-state index contributed by atoms with van der Waals surface area (Å²) >= 11 is 0. The van der Waals surface area contributed by atoms with Crippen LogP contribution >= 0.6 is 7.60 Å². The minimum absolute atomic E-state index is 0. The van der Waals surface area contributed by atoms with Gasteiger partial charge in [0, 0.05) is 13.3 Å². The molecule has 0 aromatic carbocycles. The third kappa shape index (κ3) is 11.2. The molecule has 1 unspecified atom stereocenters. The number of hydrogen-bond acceptors (Lipinski definition) is 3. The average Bonchev–Trinajstić information content (AvgIpc) is 2.11. The zero-order chi connectivity index (χ0) is 10.2. The third-order valence-electron chi connectivity index (χ3n) is 2.06. The third-order valence-corrected chi connectivity index (χ3v) is 3.48. The molecule has 0 bridgehead atoms. The quantitative estimate of drug-likeness (QED) is 0.322. The Morgan fingerprint density at radius 3 is 2.14 bits per heavy atom. The predicted octanol–water partition coefficient (Wildman–Crippen LogP) is -0.449. The van der Waals surface area contributed by atoms with Crippen LogP contribution in [0, 0.1) is 0 Å². The molecule has 0 amide bonds. The van der Waals surface area contributed by atoms with Crippen molar-refractivity contribution in [1.82, 2.24) is 0 Å². The molecule has 0 aromatic rings. The Labute approximate surface area is 109 Å². The summed E-state index contributed by atoms with van der Waals surface area (Å²) in [5.41, 5.74) is 0. The van der Waals surface area contributed by atoms with Gasteiger partial charge in [0.1, 0.15) is 7.60 Å². The first kappa shape index (κ1) is 17.5. The van der Waals surface area contributed by atoms with Gasteiger partial charge >= 0.3 is 29.6 Å². The van der Waals surface area contributed by atoms with E-state index in [-0.39, 0.29) is 35.7 Å². The summed E-state index contributed by atoms with van der Waals surface area (Å²) in [6, 6.07) is 0. The maximum Gasteiger partial charge on any atom is 1.00 e. The van der Waals surface area contributed by atoms with Crippen LogP contribution in [-0.4, -0.2) is 13.3 Å². The standard InChI is InChI=1S/C9H21O3P.Na/c1-3-4-5-6-7-8-9-13(10,11)12-2;/h3-9H2,1-2H3,(H,10,11);/q;+1/p-1. The molecule has 0 N–H and O–H groups in total. The second kappa shape index (κ2) is 10.7. The second-order valence-corrected chi connectivity index (χ2v) is 5.32. The fraction of sp³-hybridized carbons (Fsp3) is 1.00. The van der Waals surface area contributed by atoms with E-state index in [4.69, 9.17) is 0 Å². The molecule has 0 saturated heterocycles. The van der Waals surface area contributed by atoms with Crippen LogP contribution in [-0.2, 0) is 9.09 Å². The summed E-state index contributed by atoms with van der Waals surface area (Å²) < 4.78 is 15.3. The van der Waals surface area contributed by atoms with E-state index in [1.165, 1.54) is 26.4 Å². The molecule has 3 nitrogen and oxygen atoms in total. The average molecular weight is 230 g/mol. The summed E-state index contributed by atoms with van der Waals surface area (Å²) in [6.45, 7) is 2.16. The van der Waals surface area contributed by atoms with Crippen molar-refractivity contribution in [3.63, 3.8) is 0 Å². The van der Waals surface area contributed by atoms with Crippen LogP contribution in [0.2, 0.25) is 0 Å². The van der Waals surface area contributed by atoms with Crippen molar-refractivity contribution in [1.29, 1.82) is 0 Å². The molecule has 1 atom stereocenters. The van der Waals surface area contributed by atoms with Crippen LogP contribution in [0.1, 0.15) is 45.4 Å². The molecule has 14 heavy (non-hydrogen) atoms. The molecule has 0 aliphatic carbocycles. The minimum Gasteiger partial charge on any atom is -0.779 e. The van der Waals surface area contributed by atoms with Crippen LogP contribution in [0.25, 0.3) is 0 Å². The molecule has 80 valence electrons. The Hall–Kier alpha value is 1.15. The normalized spacial score (nSPS) is 14.5. The number of unbranched alkanes of at least 4 members (excludes halogenated alkanes) is 5. The van der Waals surface area contributed by atoms with E-state index in [9.17, 15) is 9.46 Å². The summed E-state index contributed by atoms with van der Waals surface area (Å²) in [5.74, 6) is 0. The maximum absolute atomic E-state index is 10.9. The van der Waals surface area contributed by atoms with Crippen molar-refractivity contribution in [3.05, 3.63) is 0 Å². The van der Waals surface area contributed by atoms with Gasteiger partial charge in [-0.15, -0.1) is 0 Å². The summed E-state index contributed by atoms with van der Waals surface area (Å²) in [6.07, 6.45) is 6.74. The molecule has 0 spiro atoms. The molecule has 0 fully saturated rings. The fourth-order valence-electron chi connectivity index (χ4n) is 1.18. The summed E-state index contributed by atoms with van der Waals surface area (Å²) in [5, 5.41) is 0. The first-order valence-electron chi connectivity index (χ1n) is 4.98. The summed E-state index contributed by atoms with van der Waals surface area (Å²) in [7, 11) is -2.25. The van der Waals surface area contributed by atoms with Crippen LogP contribution in [0.4, 0.5) is 0 Å². The van der Waals surface area contributed by atoms with Gasteiger partial charge in [-0.3, -0.25) is 0 Å². The Bertz CT molecular complexity index is 164. The monoisotopic (exact) mass is 230 g/mol. The van der Waals surface area contributed by atoms with Gasteiger partial charge in [-0.25, -0.2) is 0 Å². The van der Waals surface area contributed by atoms with Crippen molar-refractivity contribution >= 4 is 7.60 Å². The zero-order valence-corrected chi connectivity index (χ0v) is 12.5. The SMILES string of the molecule is CCCCCCCCP(=O)([O-])OC.[Na+]. The van der Waals surface area contributed by atoms with Gasteiger partial charge in [0.2, 0.25) is 0 Å². The van der Waals surface area contributed by atoms with Gasteiger partial charge in [0.05, 0.1) is 0 Å². The molecular formula is C9H20NaO3P. The Kier molecular flexibility index (Phi) is 13.4. The van der Waals surface area contributed by atoms with Gasteiger partial charge in [-0.1, -0.05) is 39.0 Å². The van der Waals surface area contributed by atoms with Crippen LogP contribution in [0.5, 0.6) is 0 Å². The molecular weight excluding hydrogens is 210 g/mol. The minimum atomic E-state index is -3.48. The Morgan fingerprint density at radius 2 is 1.64 bits per heavy atom. The Morgan fingerprint density at radius 1 is 1.14 bits per heavy atom. The van der Waals surface area contributed by atoms with Gasteiger partial charge in [0.25, 0.3) is 0 Å². The molecule has 0 heterocycles. The van der Waals surface area contributed by atoms with Crippen LogP contribution in [0.3, 0.4) is 0 Å². The van der Waals surface area contributed by atoms with Crippen molar-refractivity contribution in [2.45, 2.75) is 45.4 Å². The van der Waals surface area contributed by atoms with Gasteiger partial charge in [-0.05, 0) is 6.42 Å². The van der Waals surface area contributed by atoms with Crippen molar-refractivity contribution in [3.8, 4) is 0 Å². The first-order valence-corrected chi connectivity index (χ1v) is 6.71. The summed E-state index contributed by atoms with van der Waals surface area (Å²) in [4.78, 5) is 10.9. The van der Waals surface area contributed by atoms with Gasteiger partial charge in [0.15, 0.2) is 0 Å². The molecule has 0 radical (unpaired) electrons. The molecule has 0 aromatic heterocycles. The van der Waals surface area contributed by atoms with E-state index < -0.39 is 7.60 Å². The topological polar surface area (TPSA) is 49.4 Å². The van der Waals surface area contributed by atoms with E-state index in [0.29, 0.717) is 0 Å². The molecule has 0 aliphatic rings. The molecule has 0 aliphatic heterocycles. The zero-order valence-electron chi connectivity index (χ0n) is 9.62. The second-order valence-electron chi connectivity index (χ2n) is 3.28. The predicted molar refractivity (Wildman–Crippen MR) is 52.9 cm³/mol. The molecule has 0 rings (SSSR count). The Balaban J connectivity index is 0. The molecule has 5 heteroatoms. The van der Waals surface area contributed by atoms with E-state index in [0.717, 1.165) is 19.3 Å². The van der Waals surface area contributed by atoms with Crippen LogP contribution in [0.15, 0.2) is 0 Å². The van der Waals surface area contributed by atoms with Crippen molar-refractivity contribution in [2.24, 2.45) is 0 Å². The van der Waals surface area contributed by atoms with E-state index in [1.807, 2.05) is 0 Å². The van der Waals surface area contributed by atoms with E-state index >= 15 is 0 Å². The number of hydrogen-bond donors (Lipinski definition) is 0. The van der Waals surface area contributed by atoms with Gasteiger partial charge < -0.3 is 14.0 Å². The maximum atomic E-state index is 10.9. The van der Waals surface area contributed by atoms with Crippen molar-refractivity contribution < 1.29 is 43.5 Å². The van der Waals surface area contributed by atoms with E-state index in [2.05, 4.69) is 11.4 Å². The van der Waals surface area contributed by atoms with Crippen LogP contribution < -0.4 is 34.5 Å².